The molecule has 1 aliphatic heterocycles. The summed E-state index contributed by atoms with van der Waals surface area (Å²) in [6.07, 6.45) is 3.16. The highest BCUT2D eigenvalue weighted by Gasteiger charge is 2.23. The number of nitrogens with two attached hydrogens (primary N) is 1. The minimum absolute atomic E-state index is 0.0255. The maximum absolute atomic E-state index is 14.2. The lowest BCUT2D eigenvalue weighted by Gasteiger charge is -2.16. The van der Waals surface area contributed by atoms with Gasteiger partial charge in [-0.15, -0.1) is 5.10 Å². The highest BCUT2D eigenvalue weighted by molar-refractivity contribution is 7.91. The first kappa shape index (κ1) is 23.1. The quantitative estimate of drug-likeness (QED) is 0.567. The molecule has 10 heteroatoms. The van der Waals surface area contributed by atoms with Crippen LogP contribution in [0.4, 0.5) is 4.39 Å². The molecule has 3 aromatic rings. The van der Waals surface area contributed by atoms with Crippen molar-refractivity contribution >= 4 is 26.8 Å². The Morgan fingerprint density at radius 3 is 2.67 bits per heavy atom. The fraction of sp³-hybridized carbons (Fsp3) is 0.348. The van der Waals surface area contributed by atoms with Crippen molar-refractivity contribution in [3.63, 3.8) is 0 Å². The van der Waals surface area contributed by atoms with Crippen LogP contribution in [0.2, 0.25) is 0 Å². The molecule has 2 aromatic carbocycles. The number of likely N-dealkylation sites (tertiary alicyclic amines) is 1. The predicted octanol–water partition coefficient (Wildman–Crippen LogP) is 2.94. The van der Waals surface area contributed by atoms with Gasteiger partial charge in [0.25, 0.3) is 5.91 Å². The molecule has 0 aliphatic carbocycles. The molecule has 0 atom stereocenters. The third-order valence-corrected chi connectivity index (χ3v) is 7.52. The summed E-state index contributed by atoms with van der Waals surface area (Å²) in [7, 11) is -3.42. The smallest absolute Gasteiger partial charge is 0.253 e. The number of nitrogens with zero attached hydrogens (tertiary/aromatic N) is 4. The van der Waals surface area contributed by atoms with Gasteiger partial charge >= 0.3 is 0 Å². The molecule has 0 bridgehead atoms. The largest absolute Gasteiger partial charge is 0.339 e. The van der Waals surface area contributed by atoms with Crippen LogP contribution in [-0.2, 0) is 16.4 Å². The fourth-order valence-electron chi connectivity index (χ4n) is 3.99. The Labute approximate surface area is 191 Å². The summed E-state index contributed by atoms with van der Waals surface area (Å²) >= 11 is 0. The molecule has 0 radical (unpaired) electrons. The number of sulfone groups is 1. The van der Waals surface area contributed by atoms with Gasteiger partial charge in [0, 0.05) is 30.8 Å². The van der Waals surface area contributed by atoms with E-state index in [4.69, 9.17) is 5.73 Å². The molecular formula is C23H26FN5O3S. The van der Waals surface area contributed by atoms with Crippen molar-refractivity contribution in [2.45, 2.75) is 31.2 Å². The number of hydrogen-bond acceptors (Lipinski definition) is 6. The zero-order valence-electron chi connectivity index (χ0n) is 18.4. The van der Waals surface area contributed by atoms with E-state index < -0.39 is 15.7 Å². The van der Waals surface area contributed by atoms with Gasteiger partial charge in [0.2, 0.25) is 0 Å². The second-order valence-corrected chi connectivity index (χ2v) is 10.2. The lowest BCUT2D eigenvalue weighted by molar-refractivity contribution is 0.0793. The third-order valence-electron chi connectivity index (χ3n) is 5.79. The minimum atomic E-state index is -3.42. The lowest BCUT2D eigenvalue weighted by atomic mass is 10.0. The van der Waals surface area contributed by atoms with Gasteiger partial charge in [0.15, 0.2) is 9.84 Å². The third kappa shape index (κ3) is 4.67. The van der Waals surface area contributed by atoms with Crippen molar-refractivity contribution in [1.82, 2.24) is 19.9 Å². The van der Waals surface area contributed by atoms with Crippen LogP contribution >= 0.6 is 0 Å². The van der Waals surface area contributed by atoms with Gasteiger partial charge in [-0.1, -0.05) is 24.3 Å². The number of carbonyl (C=O) groups is 1. The molecule has 1 saturated heterocycles. The Morgan fingerprint density at radius 1 is 1.21 bits per heavy atom. The van der Waals surface area contributed by atoms with Crippen molar-refractivity contribution in [2.24, 2.45) is 5.73 Å². The van der Waals surface area contributed by atoms with Crippen LogP contribution in [0.5, 0.6) is 0 Å². The first-order valence-electron chi connectivity index (χ1n) is 10.9. The van der Waals surface area contributed by atoms with Gasteiger partial charge in [-0.25, -0.2) is 17.5 Å². The normalized spacial score (nSPS) is 14.9. The zero-order chi connectivity index (χ0) is 23.6. The van der Waals surface area contributed by atoms with Crippen molar-refractivity contribution in [1.29, 1.82) is 0 Å². The number of rotatable bonds is 7. The van der Waals surface area contributed by atoms with E-state index in [1.807, 2.05) is 0 Å². The second kappa shape index (κ2) is 9.40. The summed E-state index contributed by atoms with van der Waals surface area (Å²) in [5.41, 5.74) is 7.93. The SMILES string of the molecule is CCS(=O)(=O)c1cccc(-c2cc(C(=O)N3CCCC3)cc3c2nnn3C/C(F)=C/CN)c1. The summed E-state index contributed by atoms with van der Waals surface area (Å²) in [5, 5.41) is 8.32. The van der Waals surface area contributed by atoms with Crippen LogP contribution < -0.4 is 5.73 Å². The summed E-state index contributed by atoms with van der Waals surface area (Å²) in [6.45, 7) is 2.84. The fourth-order valence-corrected chi connectivity index (χ4v) is 4.92. The molecule has 0 spiro atoms. The molecule has 2 heterocycles. The van der Waals surface area contributed by atoms with Gasteiger partial charge in [0.05, 0.1) is 22.7 Å². The molecule has 0 saturated carbocycles. The molecule has 1 aromatic heterocycles. The van der Waals surface area contributed by atoms with E-state index in [1.54, 1.807) is 48.2 Å². The van der Waals surface area contributed by atoms with Crippen molar-refractivity contribution in [3.8, 4) is 11.1 Å². The summed E-state index contributed by atoms with van der Waals surface area (Å²) in [5.74, 6) is -0.612. The number of allylic oxidation sites excluding steroid dienone is 1. The molecule has 8 nitrogen and oxygen atoms in total. The molecule has 0 unspecified atom stereocenters. The Morgan fingerprint density at radius 2 is 1.97 bits per heavy atom. The minimum Gasteiger partial charge on any atom is -0.339 e. The number of aromatic nitrogens is 3. The number of benzene rings is 2. The highest BCUT2D eigenvalue weighted by Crippen LogP contribution is 2.31. The Bertz CT molecular complexity index is 1330. The van der Waals surface area contributed by atoms with Crippen molar-refractivity contribution in [2.75, 3.05) is 25.4 Å². The van der Waals surface area contributed by atoms with Gasteiger partial charge in [-0.05, 0) is 48.7 Å². The topological polar surface area (TPSA) is 111 Å². The van der Waals surface area contributed by atoms with E-state index in [9.17, 15) is 17.6 Å². The van der Waals surface area contributed by atoms with Crippen LogP contribution in [0.1, 0.15) is 30.1 Å². The average Bonchev–Trinajstić information content (AvgIpc) is 3.49. The predicted molar refractivity (Wildman–Crippen MR) is 124 cm³/mol. The Balaban J connectivity index is 1.89. The molecule has 2 N–H and O–H groups in total. The van der Waals surface area contributed by atoms with Crippen LogP contribution in [0, 0.1) is 0 Å². The van der Waals surface area contributed by atoms with Crippen LogP contribution in [0.3, 0.4) is 0 Å². The number of carbonyl (C=O) groups excluding carboxylic acids is 1. The first-order chi connectivity index (χ1) is 15.8. The van der Waals surface area contributed by atoms with E-state index in [2.05, 4.69) is 10.3 Å². The molecule has 1 aliphatic rings. The molecule has 1 amide bonds. The van der Waals surface area contributed by atoms with Gasteiger partial charge in [-0.2, -0.15) is 0 Å². The first-order valence-corrected chi connectivity index (χ1v) is 12.5. The standard InChI is InChI=1S/C23H26FN5O3S/c1-2-33(31,32)19-7-5-6-16(12-19)20-13-17(23(30)28-10-3-4-11-28)14-21-22(20)26-27-29(21)15-18(24)8-9-25/h5-8,12-14H,2-4,9-11,15,25H2,1H3/b18-8-. The number of fused-ring (bicyclic) bond motifs is 1. The van der Waals surface area contributed by atoms with Crippen molar-refractivity contribution in [3.05, 3.63) is 53.9 Å². The van der Waals surface area contributed by atoms with Gasteiger partial charge in [-0.3, -0.25) is 4.79 Å². The number of amides is 1. The van der Waals surface area contributed by atoms with Crippen molar-refractivity contribution < 1.29 is 17.6 Å². The van der Waals surface area contributed by atoms with Gasteiger partial charge in [0.1, 0.15) is 11.3 Å². The van der Waals surface area contributed by atoms with Crippen LogP contribution in [0.25, 0.3) is 22.2 Å². The molecule has 33 heavy (non-hydrogen) atoms. The average molecular weight is 472 g/mol. The summed E-state index contributed by atoms with van der Waals surface area (Å²) < 4.78 is 40.4. The lowest BCUT2D eigenvalue weighted by Crippen LogP contribution is -2.27. The maximum atomic E-state index is 14.2. The van der Waals surface area contributed by atoms with Gasteiger partial charge < -0.3 is 10.6 Å². The molecule has 1 fully saturated rings. The van der Waals surface area contributed by atoms with Crippen LogP contribution in [0.15, 0.2) is 53.2 Å². The highest BCUT2D eigenvalue weighted by atomic mass is 32.2. The molecular weight excluding hydrogens is 445 g/mol. The summed E-state index contributed by atoms with van der Waals surface area (Å²) in [6, 6.07) is 9.93. The second-order valence-electron chi connectivity index (χ2n) is 7.96. The van der Waals surface area contributed by atoms with E-state index in [0.29, 0.717) is 40.8 Å². The number of halogens is 1. The molecule has 4 rings (SSSR count). The van der Waals surface area contributed by atoms with E-state index in [1.165, 1.54) is 10.8 Å². The Hall–Kier alpha value is -3.11. The maximum Gasteiger partial charge on any atom is 0.253 e. The Kier molecular flexibility index (Phi) is 6.57. The van der Waals surface area contributed by atoms with E-state index in [-0.39, 0.29) is 29.6 Å². The van der Waals surface area contributed by atoms with Crippen LogP contribution in [-0.4, -0.2) is 59.6 Å². The molecule has 174 valence electrons. The summed E-state index contributed by atoms with van der Waals surface area (Å²) in [4.78, 5) is 15.2. The van der Waals surface area contributed by atoms with E-state index >= 15 is 0 Å². The zero-order valence-corrected chi connectivity index (χ0v) is 19.2. The monoisotopic (exact) mass is 471 g/mol. The van der Waals surface area contributed by atoms with E-state index in [0.717, 1.165) is 12.8 Å². The number of hydrogen-bond donors (Lipinski definition) is 1.